The fourth-order valence-corrected chi connectivity index (χ4v) is 2.52. The number of aryl methyl sites for hydroxylation is 1. The summed E-state index contributed by atoms with van der Waals surface area (Å²) in [6.07, 6.45) is 3.75. The van der Waals surface area contributed by atoms with E-state index in [1.807, 2.05) is 13.0 Å². The first-order valence-electron chi connectivity index (χ1n) is 7.80. The predicted octanol–water partition coefficient (Wildman–Crippen LogP) is 2.88. The molecule has 0 amide bonds. The Hall–Kier alpha value is -3.29. The molecule has 3 heterocycles. The van der Waals surface area contributed by atoms with Crippen molar-refractivity contribution in [3.8, 4) is 11.5 Å². The number of aromatic nitrogens is 5. The average Bonchev–Trinajstić information content (AvgIpc) is 3.24. The Labute approximate surface area is 142 Å². The molecule has 1 N–H and O–H groups in total. The van der Waals surface area contributed by atoms with E-state index in [2.05, 4.69) is 25.4 Å². The van der Waals surface area contributed by atoms with Gasteiger partial charge in [0.25, 0.3) is 5.78 Å². The van der Waals surface area contributed by atoms with Crippen LogP contribution >= 0.6 is 0 Å². The van der Waals surface area contributed by atoms with Gasteiger partial charge in [-0.3, -0.25) is 0 Å². The quantitative estimate of drug-likeness (QED) is 0.603. The predicted molar refractivity (Wildman–Crippen MR) is 89.6 cm³/mol. The first kappa shape index (κ1) is 15.3. The lowest BCUT2D eigenvalue weighted by atomic mass is 10.2. The van der Waals surface area contributed by atoms with Crippen molar-refractivity contribution in [1.29, 1.82) is 0 Å². The van der Waals surface area contributed by atoms with Crippen molar-refractivity contribution >= 4 is 11.6 Å². The van der Waals surface area contributed by atoms with E-state index in [0.29, 0.717) is 24.6 Å². The Kier molecular flexibility index (Phi) is 3.85. The Morgan fingerprint density at radius 3 is 2.88 bits per heavy atom. The SMILES string of the molecule is Cc1cc(NCCc2coc(-c3ccc(F)cc3)n2)n2ncnc2n1. The van der Waals surface area contributed by atoms with Gasteiger partial charge in [-0.1, -0.05) is 0 Å². The summed E-state index contributed by atoms with van der Waals surface area (Å²) in [5.41, 5.74) is 2.42. The highest BCUT2D eigenvalue weighted by Crippen LogP contribution is 2.19. The Morgan fingerprint density at radius 1 is 1.20 bits per heavy atom. The maximum atomic E-state index is 13.0. The molecule has 4 rings (SSSR count). The fraction of sp³-hybridized carbons (Fsp3) is 0.176. The molecule has 25 heavy (non-hydrogen) atoms. The number of nitrogens with one attached hydrogen (secondary N) is 1. The molecule has 3 aromatic heterocycles. The topological polar surface area (TPSA) is 81.1 Å². The first-order chi connectivity index (χ1) is 12.2. The summed E-state index contributed by atoms with van der Waals surface area (Å²) in [6.45, 7) is 2.56. The molecule has 7 nitrogen and oxygen atoms in total. The van der Waals surface area contributed by atoms with Crippen molar-refractivity contribution in [3.05, 3.63) is 60.1 Å². The number of hydrogen-bond acceptors (Lipinski definition) is 6. The van der Waals surface area contributed by atoms with Crippen LogP contribution in [0.25, 0.3) is 17.2 Å². The van der Waals surface area contributed by atoms with Gasteiger partial charge in [0.2, 0.25) is 5.89 Å². The highest BCUT2D eigenvalue weighted by molar-refractivity contribution is 5.52. The van der Waals surface area contributed by atoms with Crippen LogP contribution in [-0.4, -0.2) is 31.1 Å². The van der Waals surface area contributed by atoms with Crippen molar-refractivity contribution in [1.82, 2.24) is 24.6 Å². The van der Waals surface area contributed by atoms with Crippen LogP contribution in [0.3, 0.4) is 0 Å². The minimum atomic E-state index is -0.285. The van der Waals surface area contributed by atoms with Gasteiger partial charge in [0.15, 0.2) is 0 Å². The van der Waals surface area contributed by atoms with Gasteiger partial charge in [-0.05, 0) is 31.2 Å². The maximum absolute atomic E-state index is 13.0. The lowest BCUT2D eigenvalue weighted by Gasteiger charge is -2.07. The van der Waals surface area contributed by atoms with Gasteiger partial charge >= 0.3 is 0 Å². The molecule has 0 spiro atoms. The maximum Gasteiger partial charge on any atom is 0.254 e. The number of rotatable bonds is 5. The molecule has 0 bridgehead atoms. The third-order valence-electron chi connectivity index (χ3n) is 3.71. The zero-order valence-electron chi connectivity index (χ0n) is 13.5. The van der Waals surface area contributed by atoms with Crippen molar-refractivity contribution < 1.29 is 8.81 Å². The van der Waals surface area contributed by atoms with E-state index in [4.69, 9.17) is 4.42 Å². The summed E-state index contributed by atoms with van der Waals surface area (Å²) in [6, 6.07) is 7.97. The number of fused-ring (bicyclic) bond motifs is 1. The van der Waals surface area contributed by atoms with Gasteiger partial charge in [0, 0.05) is 30.3 Å². The van der Waals surface area contributed by atoms with Crippen molar-refractivity contribution in [3.63, 3.8) is 0 Å². The second kappa shape index (κ2) is 6.31. The normalized spacial score (nSPS) is 11.1. The Bertz CT molecular complexity index is 1010. The zero-order valence-corrected chi connectivity index (χ0v) is 13.5. The van der Waals surface area contributed by atoms with Crippen molar-refractivity contribution in [2.45, 2.75) is 13.3 Å². The van der Waals surface area contributed by atoms with Gasteiger partial charge < -0.3 is 9.73 Å². The number of nitrogens with zero attached hydrogens (tertiary/aromatic N) is 5. The molecule has 126 valence electrons. The third-order valence-corrected chi connectivity index (χ3v) is 3.71. The van der Waals surface area contributed by atoms with E-state index in [1.165, 1.54) is 18.5 Å². The second-order valence-electron chi connectivity index (χ2n) is 5.58. The molecule has 0 aliphatic carbocycles. The summed E-state index contributed by atoms with van der Waals surface area (Å²) in [5, 5.41) is 7.46. The third kappa shape index (κ3) is 3.18. The largest absolute Gasteiger partial charge is 0.444 e. The standard InChI is InChI=1S/C17H15FN6O/c1-11-8-15(24-17(22-11)20-10-21-24)19-7-6-14-9-25-16(23-14)12-2-4-13(18)5-3-12/h2-5,8-10,19H,6-7H2,1H3. The van der Waals surface area contributed by atoms with E-state index >= 15 is 0 Å². The molecule has 4 aromatic rings. The lowest BCUT2D eigenvalue weighted by molar-refractivity contribution is 0.572. The first-order valence-corrected chi connectivity index (χ1v) is 7.80. The Balaban J connectivity index is 1.43. The van der Waals surface area contributed by atoms with Crippen molar-refractivity contribution in [2.24, 2.45) is 0 Å². The summed E-state index contributed by atoms with van der Waals surface area (Å²) in [4.78, 5) is 12.8. The van der Waals surface area contributed by atoms with Gasteiger partial charge in [0.1, 0.15) is 24.2 Å². The number of hydrogen-bond donors (Lipinski definition) is 1. The van der Waals surface area contributed by atoms with Crippen molar-refractivity contribution in [2.75, 3.05) is 11.9 Å². The van der Waals surface area contributed by atoms with E-state index in [1.54, 1.807) is 22.9 Å². The van der Waals surface area contributed by atoms with Gasteiger partial charge in [-0.2, -0.15) is 14.6 Å². The highest BCUT2D eigenvalue weighted by Gasteiger charge is 2.08. The van der Waals surface area contributed by atoms with Crippen LogP contribution in [0.5, 0.6) is 0 Å². The van der Waals surface area contributed by atoms with Gasteiger partial charge in [-0.15, -0.1) is 0 Å². The minimum Gasteiger partial charge on any atom is -0.444 e. The molecule has 0 aliphatic rings. The summed E-state index contributed by atoms with van der Waals surface area (Å²) >= 11 is 0. The van der Waals surface area contributed by atoms with Crippen LogP contribution in [0.1, 0.15) is 11.4 Å². The zero-order chi connectivity index (χ0) is 17.2. The Morgan fingerprint density at radius 2 is 2.04 bits per heavy atom. The smallest absolute Gasteiger partial charge is 0.254 e. The van der Waals surface area contributed by atoms with E-state index in [0.717, 1.165) is 22.8 Å². The number of halogens is 1. The van der Waals surface area contributed by atoms with Crippen LogP contribution in [0, 0.1) is 12.7 Å². The summed E-state index contributed by atoms with van der Waals surface area (Å²) < 4.78 is 20.1. The molecule has 0 aliphatic heterocycles. The summed E-state index contributed by atoms with van der Waals surface area (Å²) in [5.74, 6) is 1.57. The molecule has 0 saturated carbocycles. The summed E-state index contributed by atoms with van der Waals surface area (Å²) in [7, 11) is 0. The van der Waals surface area contributed by atoms with E-state index in [9.17, 15) is 4.39 Å². The molecule has 0 fully saturated rings. The minimum absolute atomic E-state index is 0.285. The van der Waals surface area contributed by atoms with Crippen LogP contribution in [-0.2, 0) is 6.42 Å². The van der Waals surface area contributed by atoms with E-state index < -0.39 is 0 Å². The van der Waals surface area contributed by atoms with Crippen LogP contribution < -0.4 is 5.32 Å². The molecule has 0 radical (unpaired) electrons. The van der Waals surface area contributed by atoms with Gasteiger partial charge in [0.05, 0.1) is 5.69 Å². The second-order valence-corrected chi connectivity index (χ2v) is 5.58. The average molecular weight is 338 g/mol. The van der Waals surface area contributed by atoms with Crippen LogP contribution in [0.15, 0.2) is 47.3 Å². The monoisotopic (exact) mass is 338 g/mol. The molecular formula is C17H15FN6O. The number of anilines is 1. The molecule has 0 saturated heterocycles. The lowest BCUT2D eigenvalue weighted by Crippen LogP contribution is -2.10. The highest BCUT2D eigenvalue weighted by atomic mass is 19.1. The molecule has 0 unspecified atom stereocenters. The van der Waals surface area contributed by atoms with E-state index in [-0.39, 0.29) is 5.82 Å². The van der Waals surface area contributed by atoms with Gasteiger partial charge in [-0.25, -0.2) is 14.4 Å². The molecule has 8 heteroatoms. The van der Waals surface area contributed by atoms with Crippen LogP contribution in [0.2, 0.25) is 0 Å². The van der Waals surface area contributed by atoms with Crippen LogP contribution in [0.4, 0.5) is 10.2 Å². The number of benzene rings is 1. The molecule has 1 aromatic carbocycles. The molecule has 0 atom stereocenters. The molecular weight excluding hydrogens is 323 g/mol. The fourth-order valence-electron chi connectivity index (χ4n) is 2.52. The number of oxazole rings is 1.